The molecule has 0 saturated carbocycles. The molecule has 2 aromatic carbocycles. The van der Waals surface area contributed by atoms with Gasteiger partial charge in [0.25, 0.3) is 0 Å². The molecular formula is C19H22F2N2O3S. The third-order valence-corrected chi connectivity index (χ3v) is 5.25. The van der Waals surface area contributed by atoms with Crippen LogP contribution in [0, 0.1) is 11.6 Å². The third-order valence-electron chi connectivity index (χ3n) is 4.00. The monoisotopic (exact) mass is 396 g/mol. The van der Waals surface area contributed by atoms with Crippen molar-refractivity contribution >= 4 is 15.9 Å². The molecule has 0 fully saturated rings. The topological polar surface area (TPSA) is 66.5 Å². The summed E-state index contributed by atoms with van der Waals surface area (Å²) in [5, 5.41) is 2.67. The third kappa shape index (κ3) is 7.44. The number of amides is 1. The van der Waals surface area contributed by atoms with E-state index < -0.39 is 15.9 Å². The van der Waals surface area contributed by atoms with E-state index in [9.17, 15) is 22.0 Å². The van der Waals surface area contributed by atoms with Crippen LogP contribution in [0.2, 0.25) is 0 Å². The number of carbonyl (C=O) groups is 1. The maximum absolute atomic E-state index is 12.9. The fraction of sp³-hybridized carbons (Fsp3) is 0.316. The van der Waals surface area contributed by atoms with E-state index in [1.54, 1.807) is 24.3 Å². The van der Waals surface area contributed by atoms with Gasteiger partial charge in [0.1, 0.15) is 11.6 Å². The van der Waals surface area contributed by atoms with Gasteiger partial charge < -0.3 is 5.32 Å². The Labute approximate surface area is 158 Å². The molecule has 27 heavy (non-hydrogen) atoms. The number of hydrogen-bond donors (Lipinski definition) is 1. The van der Waals surface area contributed by atoms with Crippen molar-refractivity contribution in [1.29, 1.82) is 0 Å². The summed E-state index contributed by atoms with van der Waals surface area (Å²) in [7, 11) is -3.56. The fourth-order valence-electron chi connectivity index (χ4n) is 2.48. The molecule has 0 saturated heterocycles. The standard InChI is InChI=1S/C19H22F2N2O3S/c1-27(25,26)23(13-11-16-4-8-18(21)9-5-16)14-19(24)22-12-10-15-2-6-17(20)7-3-15/h2-9H,10-14H2,1H3,(H,22,24). The lowest BCUT2D eigenvalue weighted by atomic mass is 10.1. The first-order valence-electron chi connectivity index (χ1n) is 8.45. The molecule has 0 heterocycles. The van der Waals surface area contributed by atoms with Gasteiger partial charge >= 0.3 is 0 Å². The number of rotatable bonds is 9. The number of sulfonamides is 1. The Morgan fingerprint density at radius 1 is 0.926 bits per heavy atom. The molecule has 0 aliphatic heterocycles. The minimum atomic E-state index is -3.56. The van der Waals surface area contributed by atoms with Crippen molar-refractivity contribution < 1.29 is 22.0 Å². The van der Waals surface area contributed by atoms with Crippen molar-refractivity contribution in [2.24, 2.45) is 0 Å². The highest BCUT2D eigenvalue weighted by Crippen LogP contribution is 2.07. The maximum atomic E-state index is 12.9. The molecule has 146 valence electrons. The van der Waals surface area contributed by atoms with E-state index in [1.165, 1.54) is 24.3 Å². The Kier molecular flexibility index (Phi) is 7.44. The van der Waals surface area contributed by atoms with Gasteiger partial charge in [-0.1, -0.05) is 24.3 Å². The first kappa shape index (κ1) is 21.0. The number of benzene rings is 2. The highest BCUT2D eigenvalue weighted by Gasteiger charge is 2.19. The van der Waals surface area contributed by atoms with Crippen LogP contribution in [-0.2, 0) is 27.7 Å². The highest BCUT2D eigenvalue weighted by molar-refractivity contribution is 7.88. The van der Waals surface area contributed by atoms with E-state index in [1.807, 2.05) is 0 Å². The second-order valence-corrected chi connectivity index (χ2v) is 8.18. The second-order valence-electron chi connectivity index (χ2n) is 6.20. The zero-order valence-electron chi connectivity index (χ0n) is 15.0. The predicted molar refractivity (Wildman–Crippen MR) is 99.6 cm³/mol. The minimum absolute atomic E-state index is 0.121. The molecule has 0 atom stereocenters. The molecule has 1 amide bonds. The van der Waals surface area contributed by atoms with Crippen LogP contribution in [0.3, 0.4) is 0 Å². The van der Waals surface area contributed by atoms with Crippen molar-refractivity contribution in [2.45, 2.75) is 12.8 Å². The summed E-state index contributed by atoms with van der Waals surface area (Å²) in [4.78, 5) is 12.1. The molecule has 0 aliphatic carbocycles. The average Bonchev–Trinajstić information content (AvgIpc) is 2.61. The SMILES string of the molecule is CS(=O)(=O)N(CCc1ccc(F)cc1)CC(=O)NCCc1ccc(F)cc1. The summed E-state index contributed by atoms with van der Waals surface area (Å²) >= 11 is 0. The number of halogens is 2. The van der Waals surface area contributed by atoms with Crippen molar-refractivity contribution in [3.8, 4) is 0 Å². The summed E-state index contributed by atoms with van der Waals surface area (Å²) in [5.74, 6) is -1.10. The molecule has 0 bridgehead atoms. The molecule has 0 unspecified atom stereocenters. The molecular weight excluding hydrogens is 374 g/mol. The van der Waals surface area contributed by atoms with Crippen LogP contribution in [0.5, 0.6) is 0 Å². The molecule has 1 N–H and O–H groups in total. The Morgan fingerprint density at radius 2 is 1.41 bits per heavy atom. The van der Waals surface area contributed by atoms with Gasteiger partial charge in [0.05, 0.1) is 12.8 Å². The number of carbonyl (C=O) groups excluding carboxylic acids is 1. The van der Waals surface area contributed by atoms with Gasteiger partial charge in [-0.15, -0.1) is 0 Å². The fourth-order valence-corrected chi connectivity index (χ4v) is 3.26. The Balaban J connectivity index is 1.84. The summed E-state index contributed by atoms with van der Waals surface area (Å²) in [6.07, 6.45) is 1.93. The molecule has 5 nitrogen and oxygen atoms in total. The Hall–Kier alpha value is -2.32. The van der Waals surface area contributed by atoms with Gasteiger partial charge in [-0.3, -0.25) is 4.79 Å². The van der Waals surface area contributed by atoms with Crippen LogP contribution < -0.4 is 5.32 Å². The molecule has 0 radical (unpaired) electrons. The van der Waals surface area contributed by atoms with E-state index in [4.69, 9.17) is 0 Å². The van der Waals surface area contributed by atoms with E-state index in [0.29, 0.717) is 19.4 Å². The Bertz CT molecular complexity index is 854. The van der Waals surface area contributed by atoms with Crippen LogP contribution in [0.25, 0.3) is 0 Å². The molecule has 2 aromatic rings. The van der Waals surface area contributed by atoms with Crippen molar-refractivity contribution in [1.82, 2.24) is 9.62 Å². The number of nitrogens with zero attached hydrogens (tertiary/aromatic N) is 1. The first-order chi connectivity index (χ1) is 12.7. The smallest absolute Gasteiger partial charge is 0.235 e. The van der Waals surface area contributed by atoms with Gasteiger partial charge in [0, 0.05) is 13.1 Å². The summed E-state index contributed by atoms with van der Waals surface area (Å²) in [6.45, 7) is 0.152. The zero-order valence-corrected chi connectivity index (χ0v) is 15.8. The quantitative estimate of drug-likeness (QED) is 0.706. The highest BCUT2D eigenvalue weighted by atomic mass is 32.2. The molecule has 8 heteroatoms. The predicted octanol–water partition coefficient (Wildman–Crippen LogP) is 2.13. The van der Waals surface area contributed by atoms with Gasteiger partial charge in [-0.05, 0) is 48.2 Å². The average molecular weight is 396 g/mol. The Morgan fingerprint density at radius 3 is 1.89 bits per heavy atom. The van der Waals surface area contributed by atoms with E-state index in [0.717, 1.165) is 21.7 Å². The first-order valence-corrected chi connectivity index (χ1v) is 10.3. The van der Waals surface area contributed by atoms with Crippen LogP contribution in [0.15, 0.2) is 48.5 Å². The van der Waals surface area contributed by atoms with E-state index in [-0.39, 0.29) is 24.7 Å². The zero-order chi connectivity index (χ0) is 19.9. The normalized spacial score (nSPS) is 11.6. The van der Waals surface area contributed by atoms with E-state index >= 15 is 0 Å². The van der Waals surface area contributed by atoms with Crippen molar-refractivity contribution in [3.05, 3.63) is 71.3 Å². The summed E-state index contributed by atoms with van der Waals surface area (Å²) in [6, 6.07) is 11.7. The molecule has 0 aromatic heterocycles. The van der Waals surface area contributed by atoms with Crippen LogP contribution in [0.4, 0.5) is 8.78 Å². The number of nitrogens with one attached hydrogen (secondary N) is 1. The number of hydrogen-bond acceptors (Lipinski definition) is 3. The van der Waals surface area contributed by atoms with Gasteiger partial charge in [-0.2, -0.15) is 4.31 Å². The van der Waals surface area contributed by atoms with Gasteiger partial charge in [-0.25, -0.2) is 17.2 Å². The van der Waals surface area contributed by atoms with Crippen LogP contribution in [0.1, 0.15) is 11.1 Å². The van der Waals surface area contributed by atoms with Crippen LogP contribution in [-0.4, -0.2) is 44.5 Å². The lowest BCUT2D eigenvalue weighted by Crippen LogP contribution is -2.41. The molecule has 0 aliphatic rings. The molecule has 0 spiro atoms. The largest absolute Gasteiger partial charge is 0.355 e. The van der Waals surface area contributed by atoms with E-state index in [2.05, 4.69) is 5.32 Å². The summed E-state index contributed by atoms with van der Waals surface area (Å²) < 4.78 is 50.7. The van der Waals surface area contributed by atoms with Crippen LogP contribution >= 0.6 is 0 Å². The minimum Gasteiger partial charge on any atom is -0.355 e. The van der Waals surface area contributed by atoms with Crippen molar-refractivity contribution in [3.63, 3.8) is 0 Å². The van der Waals surface area contributed by atoms with Gasteiger partial charge in [0.15, 0.2) is 0 Å². The maximum Gasteiger partial charge on any atom is 0.235 e. The van der Waals surface area contributed by atoms with Gasteiger partial charge in [0.2, 0.25) is 15.9 Å². The lowest BCUT2D eigenvalue weighted by molar-refractivity contribution is -0.121. The second kappa shape index (κ2) is 9.57. The lowest BCUT2D eigenvalue weighted by Gasteiger charge is -2.19. The van der Waals surface area contributed by atoms with Crippen molar-refractivity contribution in [2.75, 3.05) is 25.9 Å². The molecule has 2 rings (SSSR count). The summed E-state index contributed by atoms with van der Waals surface area (Å²) in [5.41, 5.74) is 1.65.